The minimum absolute atomic E-state index is 0.170. The van der Waals surface area contributed by atoms with Gasteiger partial charge in [0.1, 0.15) is 12.6 Å². The van der Waals surface area contributed by atoms with Crippen molar-refractivity contribution in [3.05, 3.63) is 12.5 Å². The van der Waals surface area contributed by atoms with Crippen LogP contribution < -0.4 is 10.2 Å². The highest BCUT2D eigenvalue weighted by Gasteiger charge is 2.32. The largest absolute Gasteiger partial charge is 0.363 e. The molecular formula is C10H14N4O. The molecule has 2 unspecified atom stereocenters. The highest BCUT2D eigenvalue weighted by molar-refractivity contribution is 5.69. The van der Waals surface area contributed by atoms with Crippen molar-refractivity contribution in [2.45, 2.75) is 32.1 Å². The summed E-state index contributed by atoms with van der Waals surface area (Å²) in [5.74, 6) is 0.962. The Hall–Kier alpha value is -1.36. The average molecular weight is 206 g/mol. The normalized spacial score (nSPS) is 29.0. The monoisotopic (exact) mass is 206 g/mol. The van der Waals surface area contributed by atoms with Crippen LogP contribution in [0.1, 0.15) is 19.8 Å². The summed E-state index contributed by atoms with van der Waals surface area (Å²) in [6.45, 7) is 2.88. The summed E-state index contributed by atoms with van der Waals surface area (Å²) in [6.07, 6.45) is 6.12. The smallest absolute Gasteiger partial charge is 0.158 e. The van der Waals surface area contributed by atoms with Gasteiger partial charge in [-0.25, -0.2) is 9.97 Å². The molecule has 3 heterocycles. The van der Waals surface area contributed by atoms with E-state index in [1.807, 2.05) is 0 Å². The molecule has 0 bridgehead atoms. The standard InChI is InChI=1S/C10H14N4O/c1-7-2-3-9(15-7)14-6-13-8-4-11-5-12-10(8)14/h4-5,7,9,13H,2-3,6H2,1H3. The molecule has 0 radical (unpaired) electrons. The van der Waals surface area contributed by atoms with E-state index in [2.05, 4.69) is 27.1 Å². The summed E-state index contributed by atoms with van der Waals surface area (Å²) in [5.41, 5.74) is 1.00. The van der Waals surface area contributed by atoms with Crippen molar-refractivity contribution in [1.82, 2.24) is 9.97 Å². The van der Waals surface area contributed by atoms with Gasteiger partial charge in [0.05, 0.1) is 24.7 Å². The Kier molecular flexibility index (Phi) is 1.98. The van der Waals surface area contributed by atoms with Gasteiger partial charge in [0.15, 0.2) is 5.82 Å². The van der Waals surface area contributed by atoms with E-state index in [1.165, 1.54) is 0 Å². The molecule has 1 aromatic rings. The van der Waals surface area contributed by atoms with E-state index in [0.717, 1.165) is 31.0 Å². The zero-order valence-electron chi connectivity index (χ0n) is 8.68. The maximum absolute atomic E-state index is 5.83. The molecule has 2 aliphatic heterocycles. The molecule has 5 nitrogen and oxygen atoms in total. The molecule has 5 heteroatoms. The molecular weight excluding hydrogens is 192 g/mol. The van der Waals surface area contributed by atoms with Crippen molar-refractivity contribution >= 4 is 11.5 Å². The van der Waals surface area contributed by atoms with E-state index >= 15 is 0 Å². The SMILES string of the molecule is CC1CCC(N2CNc3cncnc32)O1. The third-order valence-corrected chi connectivity index (χ3v) is 2.96. The van der Waals surface area contributed by atoms with Crippen LogP contribution in [0.15, 0.2) is 12.5 Å². The van der Waals surface area contributed by atoms with Gasteiger partial charge in [0.2, 0.25) is 0 Å². The second kappa shape index (κ2) is 3.34. The zero-order valence-corrected chi connectivity index (χ0v) is 8.68. The Labute approximate surface area is 88.5 Å². The number of hydrogen-bond acceptors (Lipinski definition) is 5. The van der Waals surface area contributed by atoms with Crippen LogP contribution in [0.3, 0.4) is 0 Å². The molecule has 1 saturated heterocycles. The van der Waals surface area contributed by atoms with E-state index in [-0.39, 0.29) is 6.23 Å². The Morgan fingerprint density at radius 1 is 1.53 bits per heavy atom. The Morgan fingerprint density at radius 2 is 2.47 bits per heavy atom. The first kappa shape index (κ1) is 8.91. The quantitative estimate of drug-likeness (QED) is 0.748. The number of hydrogen-bond donors (Lipinski definition) is 1. The first-order valence-corrected chi connectivity index (χ1v) is 5.30. The molecule has 15 heavy (non-hydrogen) atoms. The summed E-state index contributed by atoms with van der Waals surface area (Å²) in [5, 5.41) is 3.26. The van der Waals surface area contributed by atoms with Crippen molar-refractivity contribution in [2.75, 3.05) is 16.9 Å². The summed E-state index contributed by atoms with van der Waals surface area (Å²) in [6, 6.07) is 0. The summed E-state index contributed by atoms with van der Waals surface area (Å²) >= 11 is 0. The van der Waals surface area contributed by atoms with Crippen molar-refractivity contribution in [1.29, 1.82) is 0 Å². The summed E-state index contributed by atoms with van der Waals surface area (Å²) in [7, 11) is 0. The van der Waals surface area contributed by atoms with Gasteiger partial charge >= 0.3 is 0 Å². The van der Waals surface area contributed by atoms with Gasteiger partial charge in [-0.1, -0.05) is 0 Å². The number of fused-ring (bicyclic) bond motifs is 1. The predicted molar refractivity (Wildman–Crippen MR) is 56.6 cm³/mol. The van der Waals surface area contributed by atoms with Crippen LogP contribution in [0.2, 0.25) is 0 Å². The molecule has 0 aromatic carbocycles. The van der Waals surface area contributed by atoms with E-state index in [9.17, 15) is 0 Å². The van der Waals surface area contributed by atoms with Crippen molar-refractivity contribution in [3.63, 3.8) is 0 Å². The lowest BCUT2D eigenvalue weighted by Gasteiger charge is -2.24. The number of ether oxygens (including phenoxy) is 1. The highest BCUT2D eigenvalue weighted by atomic mass is 16.5. The Morgan fingerprint density at radius 3 is 3.27 bits per heavy atom. The number of anilines is 2. The van der Waals surface area contributed by atoms with Crippen LogP contribution in [-0.2, 0) is 4.74 Å². The van der Waals surface area contributed by atoms with Crippen molar-refractivity contribution in [2.24, 2.45) is 0 Å². The minimum atomic E-state index is 0.170. The molecule has 0 aliphatic carbocycles. The van der Waals surface area contributed by atoms with Gasteiger partial charge in [-0.2, -0.15) is 0 Å². The van der Waals surface area contributed by atoms with E-state index in [4.69, 9.17) is 4.74 Å². The van der Waals surface area contributed by atoms with Crippen LogP contribution in [-0.4, -0.2) is 29.0 Å². The number of nitrogens with one attached hydrogen (secondary N) is 1. The first-order valence-electron chi connectivity index (χ1n) is 5.30. The number of nitrogens with zero attached hydrogens (tertiary/aromatic N) is 3. The first-order chi connectivity index (χ1) is 7.34. The molecule has 1 aromatic heterocycles. The van der Waals surface area contributed by atoms with E-state index < -0.39 is 0 Å². The van der Waals surface area contributed by atoms with Crippen LogP contribution in [0.5, 0.6) is 0 Å². The average Bonchev–Trinajstić information content (AvgIpc) is 2.83. The van der Waals surface area contributed by atoms with Crippen molar-refractivity contribution < 1.29 is 4.74 Å². The lowest BCUT2D eigenvalue weighted by Crippen LogP contribution is -2.35. The van der Waals surface area contributed by atoms with Gasteiger partial charge in [-0.3, -0.25) is 0 Å². The minimum Gasteiger partial charge on any atom is -0.363 e. The molecule has 2 atom stereocenters. The van der Waals surface area contributed by atoms with Crippen LogP contribution >= 0.6 is 0 Å². The van der Waals surface area contributed by atoms with Crippen LogP contribution in [0.4, 0.5) is 11.5 Å². The second-order valence-electron chi connectivity index (χ2n) is 4.04. The molecule has 0 saturated carbocycles. The molecule has 80 valence electrons. The van der Waals surface area contributed by atoms with Gasteiger partial charge in [-0.15, -0.1) is 0 Å². The summed E-state index contributed by atoms with van der Waals surface area (Å²) in [4.78, 5) is 10.4. The second-order valence-corrected chi connectivity index (χ2v) is 4.04. The number of rotatable bonds is 1. The molecule has 0 spiro atoms. The topological polar surface area (TPSA) is 50.3 Å². The van der Waals surface area contributed by atoms with E-state index in [0.29, 0.717) is 6.10 Å². The Balaban J connectivity index is 1.85. The van der Waals surface area contributed by atoms with Gasteiger partial charge in [-0.05, 0) is 19.8 Å². The zero-order chi connectivity index (χ0) is 10.3. The predicted octanol–water partition coefficient (Wildman–Crippen LogP) is 1.19. The lowest BCUT2D eigenvalue weighted by molar-refractivity contribution is 0.0550. The lowest BCUT2D eigenvalue weighted by atomic mass is 10.2. The third kappa shape index (κ3) is 1.43. The molecule has 2 aliphatic rings. The van der Waals surface area contributed by atoms with Crippen LogP contribution in [0, 0.1) is 0 Å². The fraction of sp³-hybridized carbons (Fsp3) is 0.600. The van der Waals surface area contributed by atoms with Crippen LogP contribution in [0.25, 0.3) is 0 Å². The van der Waals surface area contributed by atoms with Gasteiger partial charge < -0.3 is 15.0 Å². The van der Waals surface area contributed by atoms with Crippen molar-refractivity contribution in [3.8, 4) is 0 Å². The molecule has 3 rings (SSSR count). The van der Waals surface area contributed by atoms with Gasteiger partial charge in [0.25, 0.3) is 0 Å². The van der Waals surface area contributed by atoms with E-state index in [1.54, 1.807) is 12.5 Å². The maximum Gasteiger partial charge on any atom is 0.158 e. The Bertz CT molecular complexity index is 370. The molecule has 1 N–H and O–H groups in total. The number of aromatic nitrogens is 2. The molecule has 1 fully saturated rings. The summed E-state index contributed by atoms with van der Waals surface area (Å²) < 4.78 is 5.83. The fourth-order valence-electron chi connectivity index (χ4n) is 2.17. The highest BCUT2D eigenvalue weighted by Crippen LogP contribution is 2.33. The van der Waals surface area contributed by atoms with Gasteiger partial charge in [0, 0.05) is 0 Å². The third-order valence-electron chi connectivity index (χ3n) is 2.96. The maximum atomic E-state index is 5.83. The fourth-order valence-corrected chi connectivity index (χ4v) is 2.17. The molecule has 0 amide bonds.